The number of hydrogen-bond acceptors (Lipinski definition) is 4. The van der Waals surface area contributed by atoms with E-state index in [1.165, 1.54) is 5.56 Å². The van der Waals surface area contributed by atoms with E-state index in [2.05, 4.69) is 29.7 Å². The zero-order valence-corrected chi connectivity index (χ0v) is 21.3. The SMILES string of the molecule is C=CCN1CCC2(c3cccc(OC)c3)CC(N(C)C(=O)/C=C/c3cccc(OC)c3)CCC2C1. The van der Waals surface area contributed by atoms with Gasteiger partial charge >= 0.3 is 0 Å². The van der Waals surface area contributed by atoms with Crippen molar-refractivity contribution in [3.63, 3.8) is 0 Å². The Morgan fingerprint density at radius 3 is 2.63 bits per heavy atom. The number of likely N-dealkylation sites (tertiary alicyclic amines) is 1. The van der Waals surface area contributed by atoms with E-state index in [0.29, 0.717) is 5.92 Å². The molecule has 1 aliphatic carbocycles. The first-order valence-electron chi connectivity index (χ1n) is 12.6. The highest BCUT2D eigenvalue weighted by molar-refractivity contribution is 5.91. The molecule has 0 spiro atoms. The van der Waals surface area contributed by atoms with Crippen molar-refractivity contribution < 1.29 is 14.3 Å². The number of piperidine rings is 1. The molecule has 35 heavy (non-hydrogen) atoms. The number of likely N-dealkylation sites (N-methyl/N-ethyl adjacent to an activating group) is 1. The molecule has 5 heteroatoms. The van der Waals surface area contributed by atoms with Gasteiger partial charge in [-0.2, -0.15) is 0 Å². The molecule has 0 bridgehead atoms. The van der Waals surface area contributed by atoms with E-state index in [0.717, 1.165) is 62.4 Å². The second-order valence-corrected chi connectivity index (χ2v) is 9.88. The summed E-state index contributed by atoms with van der Waals surface area (Å²) in [5, 5.41) is 0. The predicted octanol–water partition coefficient (Wildman–Crippen LogP) is 5.17. The van der Waals surface area contributed by atoms with Crippen LogP contribution in [-0.2, 0) is 10.2 Å². The Morgan fingerprint density at radius 1 is 1.14 bits per heavy atom. The highest BCUT2D eigenvalue weighted by atomic mass is 16.5. The maximum absolute atomic E-state index is 13.2. The Kier molecular flexibility index (Phi) is 7.97. The van der Waals surface area contributed by atoms with Gasteiger partial charge in [0.2, 0.25) is 5.91 Å². The van der Waals surface area contributed by atoms with Gasteiger partial charge in [-0.3, -0.25) is 9.69 Å². The predicted molar refractivity (Wildman–Crippen MR) is 142 cm³/mol. The van der Waals surface area contributed by atoms with Gasteiger partial charge < -0.3 is 14.4 Å². The van der Waals surface area contributed by atoms with Crippen LogP contribution in [0.25, 0.3) is 6.08 Å². The molecule has 0 radical (unpaired) electrons. The lowest BCUT2D eigenvalue weighted by atomic mass is 9.57. The van der Waals surface area contributed by atoms with Crippen LogP contribution in [0.5, 0.6) is 11.5 Å². The number of methoxy groups -OCH3 is 2. The van der Waals surface area contributed by atoms with E-state index < -0.39 is 0 Å². The zero-order chi connectivity index (χ0) is 24.8. The Morgan fingerprint density at radius 2 is 1.89 bits per heavy atom. The van der Waals surface area contributed by atoms with Crippen molar-refractivity contribution in [2.45, 2.75) is 37.1 Å². The smallest absolute Gasteiger partial charge is 0.246 e. The molecule has 1 saturated carbocycles. The third kappa shape index (κ3) is 5.46. The molecular formula is C30H38N2O3. The number of amides is 1. The fraction of sp³-hybridized carbons (Fsp3) is 0.433. The number of hydrogen-bond donors (Lipinski definition) is 0. The summed E-state index contributed by atoms with van der Waals surface area (Å²) in [5.41, 5.74) is 2.34. The van der Waals surface area contributed by atoms with E-state index in [9.17, 15) is 4.79 Å². The molecule has 186 valence electrons. The van der Waals surface area contributed by atoms with Gasteiger partial charge in [-0.05, 0) is 79.6 Å². The number of nitrogens with zero attached hydrogens (tertiary/aromatic N) is 2. The molecule has 2 aromatic rings. The monoisotopic (exact) mass is 474 g/mol. The summed E-state index contributed by atoms with van der Waals surface area (Å²) in [6.45, 7) is 6.99. The molecule has 2 aromatic carbocycles. The molecule has 4 rings (SSSR count). The highest BCUT2D eigenvalue weighted by Crippen LogP contribution is 2.50. The third-order valence-corrected chi connectivity index (χ3v) is 8.02. The molecular weight excluding hydrogens is 436 g/mol. The fourth-order valence-electron chi connectivity index (χ4n) is 6.01. The van der Waals surface area contributed by atoms with Crippen LogP contribution in [0.4, 0.5) is 0 Å². The summed E-state index contributed by atoms with van der Waals surface area (Å²) in [5.74, 6) is 2.28. The van der Waals surface area contributed by atoms with Crippen molar-refractivity contribution in [2.24, 2.45) is 5.92 Å². The standard InChI is InChI=1S/C30H38N2O3/c1-5-17-32-18-16-30(24-9-7-11-28(20-24)35-4)21-26(14-13-25(30)22-32)31(2)29(33)15-12-23-8-6-10-27(19-23)34-3/h5-12,15,19-20,25-26H,1,13-14,16-18,21-22H2,2-4H3/b15-12+. The molecule has 1 aliphatic heterocycles. The average Bonchev–Trinajstić information content (AvgIpc) is 2.91. The first kappa shape index (κ1) is 25.1. The minimum absolute atomic E-state index is 0.0418. The van der Waals surface area contributed by atoms with Gasteiger partial charge in [-0.15, -0.1) is 6.58 Å². The van der Waals surface area contributed by atoms with E-state index in [1.807, 2.05) is 54.4 Å². The summed E-state index contributed by atoms with van der Waals surface area (Å²) in [4.78, 5) is 17.6. The summed E-state index contributed by atoms with van der Waals surface area (Å²) in [6, 6.07) is 16.5. The van der Waals surface area contributed by atoms with E-state index in [1.54, 1.807) is 20.3 Å². The van der Waals surface area contributed by atoms with E-state index >= 15 is 0 Å². The van der Waals surface area contributed by atoms with Gasteiger partial charge in [0.1, 0.15) is 11.5 Å². The molecule has 0 aromatic heterocycles. The average molecular weight is 475 g/mol. The van der Waals surface area contributed by atoms with Gasteiger partial charge in [-0.1, -0.05) is 30.3 Å². The Balaban J connectivity index is 1.55. The van der Waals surface area contributed by atoms with Crippen LogP contribution in [-0.4, -0.2) is 62.7 Å². The molecule has 1 amide bonds. The molecule has 3 atom stereocenters. The molecule has 2 aliphatic rings. The topological polar surface area (TPSA) is 42.0 Å². The highest BCUT2D eigenvalue weighted by Gasteiger charge is 2.49. The normalized spacial score (nSPS) is 24.5. The number of rotatable bonds is 8. The van der Waals surface area contributed by atoms with Gasteiger partial charge in [0.25, 0.3) is 0 Å². The Labute approximate surface area is 210 Å². The quantitative estimate of drug-likeness (QED) is 0.391. The molecule has 3 unspecified atom stereocenters. The third-order valence-electron chi connectivity index (χ3n) is 8.02. The molecule has 1 saturated heterocycles. The Hall–Kier alpha value is -3.05. The van der Waals surface area contributed by atoms with Crippen LogP contribution < -0.4 is 9.47 Å². The first-order chi connectivity index (χ1) is 17.0. The van der Waals surface area contributed by atoms with E-state index in [4.69, 9.17) is 9.47 Å². The number of carbonyl (C=O) groups is 1. The largest absolute Gasteiger partial charge is 0.497 e. The van der Waals surface area contributed by atoms with Crippen molar-refractivity contribution in [3.8, 4) is 11.5 Å². The molecule has 1 heterocycles. The lowest BCUT2D eigenvalue weighted by molar-refractivity contribution is -0.128. The van der Waals surface area contributed by atoms with Crippen molar-refractivity contribution in [3.05, 3.63) is 78.4 Å². The van der Waals surface area contributed by atoms with Gasteiger partial charge in [0, 0.05) is 37.7 Å². The second kappa shape index (κ2) is 11.1. The fourth-order valence-corrected chi connectivity index (χ4v) is 6.01. The number of carbonyl (C=O) groups excluding carboxylic acids is 1. The lowest BCUT2D eigenvalue weighted by Crippen LogP contribution is -2.56. The maximum Gasteiger partial charge on any atom is 0.246 e. The van der Waals surface area contributed by atoms with Crippen LogP contribution >= 0.6 is 0 Å². The first-order valence-corrected chi connectivity index (χ1v) is 12.6. The van der Waals surface area contributed by atoms with Crippen molar-refractivity contribution in [2.75, 3.05) is 40.9 Å². The minimum Gasteiger partial charge on any atom is -0.497 e. The minimum atomic E-state index is 0.0418. The van der Waals surface area contributed by atoms with Crippen LogP contribution in [0.15, 0.2) is 67.3 Å². The summed E-state index contributed by atoms with van der Waals surface area (Å²) in [7, 11) is 5.33. The maximum atomic E-state index is 13.2. The van der Waals surface area contributed by atoms with Gasteiger partial charge in [-0.25, -0.2) is 0 Å². The van der Waals surface area contributed by atoms with Crippen molar-refractivity contribution >= 4 is 12.0 Å². The lowest BCUT2D eigenvalue weighted by Gasteiger charge is -2.54. The summed E-state index contributed by atoms with van der Waals surface area (Å²) in [6.07, 6.45) is 9.74. The summed E-state index contributed by atoms with van der Waals surface area (Å²) >= 11 is 0. The molecule has 0 N–H and O–H groups in total. The van der Waals surface area contributed by atoms with Crippen molar-refractivity contribution in [1.29, 1.82) is 0 Å². The number of ether oxygens (including phenoxy) is 2. The zero-order valence-electron chi connectivity index (χ0n) is 21.3. The van der Waals surface area contributed by atoms with Crippen LogP contribution in [0, 0.1) is 5.92 Å². The Bertz CT molecular complexity index is 1070. The van der Waals surface area contributed by atoms with Crippen LogP contribution in [0.2, 0.25) is 0 Å². The van der Waals surface area contributed by atoms with Crippen molar-refractivity contribution in [1.82, 2.24) is 9.80 Å². The molecule has 2 fully saturated rings. The van der Waals surface area contributed by atoms with Gasteiger partial charge in [0.05, 0.1) is 14.2 Å². The number of fused-ring (bicyclic) bond motifs is 1. The second-order valence-electron chi connectivity index (χ2n) is 9.88. The van der Waals surface area contributed by atoms with E-state index in [-0.39, 0.29) is 17.4 Å². The molecule has 5 nitrogen and oxygen atoms in total. The van der Waals surface area contributed by atoms with Crippen LogP contribution in [0.1, 0.15) is 36.8 Å². The van der Waals surface area contributed by atoms with Gasteiger partial charge in [0.15, 0.2) is 0 Å². The summed E-state index contributed by atoms with van der Waals surface area (Å²) < 4.78 is 10.9. The van der Waals surface area contributed by atoms with Crippen LogP contribution in [0.3, 0.4) is 0 Å². The number of benzene rings is 2.